The quantitative estimate of drug-likeness (QED) is 0.480. The Morgan fingerprint density at radius 2 is 1.62 bits per heavy atom. The summed E-state index contributed by atoms with van der Waals surface area (Å²) in [6, 6.07) is 20.5. The van der Waals surface area contributed by atoms with Crippen molar-refractivity contribution in [1.29, 1.82) is 0 Å². The number of amides is 2. The van der Waals surface area contributed by atoms with Crippen LogP contribution in [-0.4, -0.2) is 35.9 Å². The molecule has 0 fully saturated rings. The molecule has 0 unspecified atom stereocenters. The molecule has 0 bridgehead atoms. The molecule has 6 nitrogen and oxygen atoms in total. The maximum atomic E-state index is 13.4. The molecule has 0 N–H and O–H groups in total. The van der Waals surface area contributed by atoms with Crippen LogP contribution in [0, 0.1) is 0 Å². The maximum Gasteiger partial charge on any atom is 0.268 e. The highest BCUT2D eigenvalue weighted by atomic mass is 32.2. The summed E-state index contributed by atoms with van der Waals surface area (Å²) in [5.41, 5.74) is 2.70. The smallest absolute Gasteiger partial charge is 0.268 e. The van der Waals surface area contributed by atoms with Crippen LogP contribution >= 0.6 is 11.8 Å². The van der Waals surface area contributed by atoms with E-state index >= 15 is 0 Å². The van der Waals surface area contributed by atoms with Gasteiger partial charge in [-0.3, -0.25) is 19.5 Å². The van der Waals surface area contributed by atoms with E-state index in [0.717, 1.165) is 5.56 Å². The molecule has 2 heterocycles. The van der Waals surface area contributed by atoms with Crippen molar-refractivity contribution in [2.45, 2.75) is 12.3 Å². The fraction of sp³-hybridized carbons (Fsp3) is 0.160. The van der Waals surface area contributed by atoms with E-state index in [2.05, 4.69) is 4.98 Å². The summed E-state index contributed by atoms with van der Waals surface area (Å²) in [7, 11) is 3.09. The van der Waals surface area contributed by atoms with Crippen molar-refractivity contribution in [2.24, 2.45) is 0 Å². The fourth-order valence-electron chi connectivity index (χ4n) is 3.46. The first kappa shape index (κ1) is 21.6. The van der Waals surface area contributed by atoms with Crippen molar-refractivity contribution in [3.63, 3.8) is 0 Å². The van der Waals surface area contributed by atoms with Crippen LogP contribution in [0.4, 0.5) is 0 Å². The van der Waals surface area contributed by atoms with Crippen LogP contribution in [0.2, 0.25) is 0 Å². The molecule has 1 aromatic heterocycles. The van der Waals surface area contributed by atoms with Crippen LogP contribution in [0.1, 0.15) is 16.8 Å². The van der Waals surface area contributed by atoms with E-state index in [1.165, 1.54) is 23.8 Å². The lowest BCUT2D eigenvalue weighted by atomic mass is 10.1. The molecule has 1 aliphatic heterocycles. The van der Waals surface area contributed by atoms with Gasteiger partial charge >= 0.3 is 0 Å². The summed E-state index contributed by atoms with van der Waals surface area (Å²) in [5.74, 6) is 0.962. The normalized spacial score (nSPS) is 13.6. The highest BCUT2D eigenvalue weighted by Crippen LogP contribution is 2.40. The molecule has 2 amide bonds. The van der Waals surface area contributed by atoms with Crippen molar-refractivity contribution in [1.82, 2.24) is 9.88 Å². The number of ether oxygens (including phenoxy) is 2. The van der Waals surface area contributed by atoms with Crippen LogP contribution in [0.15, 0.2) is 77.8 Å². The van der Waals surface area contributed by atoms with Gasteiger partial charge in [-0.1, -0.05) is 42.5 Å². The van der Waals surface area contributed by atoms with Crippen LogP contribution < -0.4 is 9.47 Å². The van der Waals surface area contributed by atoms with E-state index in [1.807, 2.05) is 36.4 Å². The number of carbonyl (C=O) groups is 2. The Bertz CT molecular complexity index is 1160. The minimum Gasteiger partial charge on any atom is -0.493 e. The molecular weight excluding hydrogens is 424 g/mol. The van der Waals surface area contributed by atoms with Crippen molar-refractivity contribution in [3.05, 3.63) is 94.7 Å². The largest absolute Gasteiger partial charge is 0.493 e. The predicted octanol–water partition coefficient (Wildman–Crippen LogP) is 4.31. The molecule has 7 heteroatoms. The van der Waals surface area contributed by atoms with E-state index in [9.17, 15) is 9.59 Å². The minimum atomic E-state index is -0.344. The summed E-state index contributed by atoms with van der Waals surface area (Å²) >= 11 is 1.36. The summed E-state index contributed by atoms with van der Waals surface area (Å²) < 4.78 is 10.7. The highest BCUT2D eigenvalue weighted by Gasteiger charge is 2.39. The third kappa shape index (κ3) is 4.38. The Morgan fingerprint density at radius 3 is 2.31 bits per heavy atom. The van der Waals surface area contributed by atoms with Crippen molar-refractivity contribution < 1.29 is 19.1 Å². The summed E-state index contributed by atoms with van der Waals surface area (Å²) in [6.45, 7) is 0.116. The molecule has 0 aliphatic carbocycles. The number of hydrogen-bond acceptors (Lipinski definition) is 6. The first-order valence-corrected chi connectivity index (χ1v) is 11.0. The van der Waals surface area contributed by atoms with Gasteiger partial charge in [0.25, 0.3) is 11.8 Å². The lowest BCUT2D eigenvalue weighted by Crippen LogP contribution is -2.31. The minimum absolute atomic E-state index is 0.116. The molecule has 0 atom stereocenters. The third-order valence-electron chi connectivity index (χ3n) is 5.07. The number of rotatable bonds is 8. The van der Waals surface area contributed by atoms with Gasteiger partial charge in [0, 0.05) is 11.9 Å². The van der Waals surface area contributed by atoms with E-state index in [1.54, 1.807) is 43.6 Å². The number of imide groups is 1. The van der Waals surface area contributed by atoms with Crippen molar-refractivity contribution >= 4 is 29.1 Å². The zero-order chi connectivity index (χ0) is 22.5. The van der Waals surface area contributed by atoms with Crippen molar-refractivity contribution in [2.75, 3.05) is 14.2 Å². The third-order valence-corrected chi connectivity index (χ3v) is 6.22. The first-order valence-electron chi connectivity index (χ1n) is 10.0. The van der Waals surface area contributed by atoms with Crippen LogP contribution in [-0.2, 0) is 21.9 Å². The Balaban J connectivity index is 1.72. The van der Waals surface area contributed by atoms with Gasteiger partial charge in [0.15, 0.2) is 11.5 Å². The van der Waals surface area contributed by atoms with Gasteiger partial charge < -0.3 is 9.47 Å². The Labute approximate surface area is 190 Å². The Kier molecular flexibility index (Phi) is 6.56. The SMILES string of the molecule is COc1ccc(C2=C(SCc3ccccc3)C(=O)N(Cc3ccccn3)C2=O)cc1OC. The molecule has 4 rings (SSSR count). The number of benzene rings is 2. The van der Waals surface area contributed by atoms with Gasteiger partial charge in [-0.15, -0.1) is 11.8 Å². The molecule has 1 aliphatic rings. The van der Waals surface area contributed by atoms with E-state index in [4.69, 9.17) is 9.47 Å². The summed E-state index contributed by atoms with van der Waals surface area (Å²) in [4.78, 5) is 32.7. The van der Waals surface area contributed by atoms with Gasteiger partial charge in [-0.05, 0) is 35.4 Å². The second-order valence-corrected chi connectivity index (χ2v) is 8.05. The van der Waals surface area contributed by atoms with Crippen molar-refractivity contribution in [3.8, 4) is 11.5 Å². The second kappa shape index (κ2) is 9.70. The molecule has 0 saturated heterocycles. The zero-order valence-corrected chi connectivity index (χ0v) is 18.6. The number of aromatic nitrogens is 1. The van der Waals surface area contributed by atoms with E-state index in [-0.39, 0.29) is 18.4 Å². The molecule has 32 heavy (non-hydrogen) atoms. The summed E-state index contributed by atoms with van der Waals surface area (Å²) in [5, 5.41) is 0. The van der Waals surface area contributed by atoms with Gasteiger partial charge in [-0.2, -0.15) is 0 Å². The number of thioether (sulfide) groups is 1. The van der Waals surface area contributed by atoms with Crippen LogP contribution in [0.5, 0.6) is 11.5 Å². The number of hydrogen-bond donors (Lipinski definition) is 0. The van der Waals surface area contributed by atoms with Gasteiger partial charge in [-0.25, -0.2) is 0 Å². The number of pyridine rings is 1. The second-order valence-electron chi connectivity index (χ2n) is 7.07. The first-order chi connectivity index (χ1) is 15.6. The zero-order valence-electron chi connectivity index (χ0n) is 17.8. The summed E-state index contributed by atoms with van der Waals surface area (Å²) in [6.07, 6.45) is 1.65. The molecule has 2 aromatic carbocycles. The van der Waals surface area contributed by atoms with Gasteiger partial charge in [0.05, 0.1) is 36.9 Å². The lowest BCUT2D eigenvalue weighted by molar-refractivity contribution is -0.137. The van der Waals surface area contributed by atoms with Gasteiger partial charge in [0.1, 0.15) is 0 Å². The highest BCUT2D eigenvalue weighted by molar-refractivity contribution is 8.03. The van der Waals surface area contributed by atoms with E-state index in [0.29, 0.717) is 39.0 Å². The maximum absolute atomic E-state index is 13.4. The van der Waals surface area contributed by atoms with Crippen LogP contribution in [0.25, 0.3) is 5.57 Å². The Morgan fingerprint density at radius 1 is 0.875 bits per heavy atom. The molecule has 162 valence electrons. The fourth-order valence-corrected chi connectivity index (χ4v) is 4.55. The van der Waals surface area contributed by atoms with Gasteiger partial charge in [0.2, 0.25) is 0 Å². The average Bonchev–Trinajstić information content (AvgIpc) is 3.07. The standard InChI is InChI=1S/C25H22N2O4S/c1-30-20-12-11-18(14-21(20)31-2)22-23(32-16-17-8-4-3-5-9-17)25(29)27(24(22)28)15-19-10-6-7-13-26-19/h3-14H,15-16H2,1-2H3. The topological polar surface area (TPSA) is 68.7 Å². The number of nitrogens with zero attached hydrogens (tertiary/aromatic N) is 2. The molecule has 0 radical (unpaired) electrons. The molecule has 0 saturated carbocycles. The number of carbonyl (C=O) groups excluding carboxylic acids is 2. The van der Waals surface area contributed by atoms with E-state index < -0.39 is 0 Å². The number of methoxy groups -OCH3 is 2. The average molecular weight is 447 g/mol. The molecule has 0 spiro atoms. The Hall–Kier alpha value is -3.58. The predicted molar refractivity (Wildman–Crippen MR) is 124 cm³/mol. The molecule has 3 aromatic rings. The monoisotopic (exact) mass is 446 g/mol. The van der Waals surface area contributed by atoms with Crippen LogP contribution in [0.3, 0.4) is 0 Å². The molecular formula is C25H22N2O4S. The lowest BCUT2D eigenvalue weighted by Gasteiger charge is -2.15.